The lowest BCUT2D eigenvalue weighted by Gasteiger charge is -2.36. The molecule has 0 aliphatic carbocycles. The van der Waals surface area contributed by atoms with Gasteiger partial charge in [0.05, 0.1) is 0 Å². The molecular weight excluding hydrogens is 1160 g/mol. The van der Waals surface area contributed by atoms with E-state index in [1.165, 1.54) is 0 Å². The minimum Gasteiger partial charge on any atom is -0.288 e. The van der Waals surface area contributed by atoms with Gasteiger partial charge in [-0.2, -0.15) is 0 Å². The first-order valence-electron chi connectivity index (χ1n) is 35.9. The smallest absolute Gasteiger partial charge is 0.116 e. The Hall–Kier alpha value is -1.12. The quantitative estimate of drug-likeness (QED) is 0.0290. The molecule has 0 amide bonds. The van der Waals surface area contributed by atoms with Gasteiger partial charge in [-0.1, -0.05) is 0 Å². The Morgan fingerprint density at radius 1 is 0.109 bits per heavy atom. The van der Waals surface area contributed by atoms with Crippen LogP contribution in [0.15, 0.2) is 0 Å². The molecule has 0 aromatic heterocycles. The summed E-state index contributed by atoms with van der Waals surface area (Å²) in [6.07, 6.45) is -1.58. The molecule has 0 spiro atoms. The first kappa shape index (κ1) is 92.9. The summed E-state index contributed by atoms with van der Waals surface area (Å²) in [5, 5.41) is 102. The zero-order chi connectivity index (χ0) is 70.8. The largest absolute Gasteiger partial charge is 0.288 e. The highest BCUT2D eigenvalue weighted by Crippen LogP contribution is 1.97. The van der Waals surface area contributed by atoms with Gasteiger partial charge >= 0.3 is 0 Å². The van der Waals surface area contributed by atoms with Crippen molar-refractivity contribution < 1.29 is 0 Å². The predicted octanol–water partition coefficient (Wildman–Crippen LogP) is 0.419. The lowest BCUT2D eigenvalue weighted by atomic mass is 10.3. The van der Waals surface area contributed by atoms with Crippen LogP contribution in [0.1, 0.15) is 222 Å². The summed E-state index contributed by atoms with van der Waals surface area (Å²) in [5.41, 5.74) is 0. The molecule has 0 heterocycles. The summed E-state index contributed by atoms with van der Waals surface area (Å²) in [5.74, 6) is 0. The second-order valence-corrected chi connectivity index (χ2v) is 29.5. The van der Waals surface area contributed by atoms with Crippen molar-refractivity contribution in [2.24, 2.45) is 0 Å². The summed E-state index contributed by atoms with van der Waals surface area (Å²) in [6, 6.07) is 4.90. The van der Waals surface area contributed by atoms with Crippen molar-refractivity contribution >= 4 is 0 Å². The van der Waals surface area contributed by atoms with Crippen LogP contribution < -0.4 is 149 Å². The van der Waals surface area contributed by atoms with Gasteiger partial charge in [0.2, 0.25) is 0 Å². The molecule has 28 nitrogen and oxygen atoms in total. The van der Waals surface area contributed by atoms with Crippen LogP contribution in [0.25, 0.3) is 0 Å². The Morgan fingerprint density at radius 2 is 0.185 bits per heavy atom. The monoisotopic (exact) mass is 1320 g/mol. The van der Waals surface area contributed by atoms with Crippen molar-refractivity contribution in [3.05, 3.63) is 0 Å². The molecule has 0 aromatic rings. The molecule has 0 saturated carbocycles. The van der Waals surface area contributed by atoms with Gasteiger partial charge in [-0.3, -0.25) is 149 Å². The topological polar surface area (TPSA) is 337 Å². The number of nitrogens with one attached hydrogen (secondary N) is 28. The molecule has 0 aliphatic heterocycles. The first-order valence-corrected chi connectivity index (χ1v) is 35.9. The van der Waals surface area contributed by atoms with Gasteiger partial charge in [-0.15, -0.1) is 0 Å². The molecule has 28 heteroatoms. The van der Waals surface area contributed by atoms with Crippen molar-refractivity contribution in [3.8, 4) is 0 Å². The Bertz CT molecular complexity index is 1220. The van der Waals surface area contributed by atoms with Crippen molar-refractivity contribution in [2.45, 2.75) is 394 Å². The lowest BCUT2D eigenvalue weighted by molar-refractivity contribution is 0.181. The van der Waals surface area contributed by atoms with Crippen molar-refractivity contribution in [1.29, 1.82) is 0 Å². The maximum Gasteiger partial charge on any atom is 0.116 e. The number of rotatable bonds is 58. The van der Waals surface area contributed by atoms with Crippen LogP contribution >= 0.6 is 0 Å². The van der Waals surface area contributed by atoms with Crippen molar-refractivity contribution in [2.75, 3.05) is 26.2 Å². The summed E-state index contributed by atoms with van der Waals surface area (Å²) < 4.78 is 0. The summed E-state index contributed by atoms with van der Waals surface area (Å²) in [4.78, 5) is 0. The molecule has 556 valence electrons. The molecule has 0 fully saturated rings. The third-order valence-electron chi connectivity index (χ3n) is 12.3. The minimum atomic E-state index is -0.206. The van der Waals surface area contributed by atoms with E-state index in [1.54, 1.807) is 0 Å². The SMILES string of the molecule is CC(C)NC(NC(C)C)NC(NCCNC(NC(NC(C)C)NC(C)C)NC(NC(C)C)NC(C)C)NC(NC(C)C)NC(C)C.CC(C)NC(NC(C)C)NC(NCCNC(NC(NC(C)C)NC(C)C)NC(NC(C)C)NC(C)C)NC(NC(C)C)NC(C)C. The molecule has 0 bridgehead atoms. The van der Waals surface area contributed by atoms with Gasteiger partial charge in [0.15, 0.2) is 0 Å². The van der Waals surface area contributed by atoms with Crippen LogP contribution in [-0.4, -0.2) is 198 Å². The van der Waals surface area contributed by atoms with E-state index in [-0.39, 0.29) is 75.5 Å². The standard InChI is InChI=1S/2C32H80N14/c2*1-19(2)35-29(36-20(3)4)43-27(44-30(37-21(5)6)38-22(7)8)33-17-18-34-28(45-31(39-23(9)10)40-24(11)12)46-32(41-25(13)14)42-26(15)16/h2*19-46H,17-18H2,1-16H3. The summed E-state index contributed by atoms with van der Waals surface area (Å²) in [6.45, 7) is 71.9. The molecule has 0 aliphatic rings. The van der Waals surface area contributed by atoms with E-state index in [9.17, 15) is 0 Å². The molecule has 0 saturated heterocycles. The maximum atomic E-state index is 3.71. The van der Waals surface area contributed by atoms with Crippen LogP contribution in [0.2, 0.25) is 0 Å². The van der Waals surface area contributed by atoms with Gasteiger partial charge < -0.3 is 0 Å². The second-order valence-electron chi connectivity index (χ2n) is 29.5. The van der Waals surface area contributed by atoms with Crippen LogP contribution in [-0.2, 0) is 0 Å². The van der Waals surface area contributed by atoms with Crippen LogP contribution in [0.3, 0.4) is 0 Å². The Kier molecular flexibility index (Phi) is 54.3. The molecule has 0 atom stereocenters. The van der Waals surface area contributed by atoms with Gasteiger partial charge in [-0.25, -0.2) is 0 Å². The van der Waals surface area contributed by atoms with E-state index >= 15 is 0 Å². The summed E-state index contributed by atoms with van der Waals surface area (Å²) >= 11 is 0. The highest BCUT2D eigenvalue weighted by molar-refractivity contribution is 4.83. The highest BCUT2D eigenvalue weighted by Gasteiger charge is 2.26. The molecule has 0 rings (SSSR count). The average molecular weight is 1320 g/mol. The Labute approximate surface area is 566 Å². The normalized spacial score (nSPS) is 13.4. The fourth-order valence-electron chi connectivity index (χ4n) is 9.35. The average Bonchev–Trinajstić information content (AvgIpc) is 1.10. The van der Waals surface area contributed by atoms with Crippen LogP contribution in [0, 0.1) is 0 Å². The predicted molar refractivity (Wildman–Crippen MR) is 395 cm³/mol. The number of hydrogen-bond acceptors (Lipinski definition) is 28. The minimum absolute atomic E-state index is 0.0947. The molecule has 0 unspecified atom stereocenters. The second kappa shape index (κ2) is 53.8. The first-order chi connectivity index (χ1) is 42.7. The molecule has 0 aromatic carbocycles. The molecule has 28 N–H and O–H groups in total. The van der Waals surface area contributed by atoms with Crippen molar-refractivity contribution in [1.82, 2.24) is 149 Å². The maximum absolute atomic E-state index is 3.71. The van der Waals surface area contributed by atoms with Gasteiger partial charge in [0, 0.05) is 123 Å². The third-order valence-corrected chi connectivity index (χ3v) is 12.3. The van der Waals surface area contributed by atoms with Crippen LogP contribution in [0.5, 0.6) is 0 Å². The fourth-order valence-corrected chi connectivity index (χ4v) is 9.35. The highest BCUT2D eigenvalue weighted by atomic mass is 15.5. The van der Waals surface area contributed by atoms with Gasteiger partial charge in [0.25, 0.3) is 0 Å². The Balaban J connectivity index is 0. The van der Waals surface area contributed by atoms with Crippen LogP contribution in [0.4, 0.5) is 0 Å². The summed E-state index contributed by atoms with van der Waals surface area (Å²) in [7, 11) is 0. The van der Waals surface area contributed by atoms with E-state index in [0.717, 1.165) is 0 Å². The fraction of sp³-hybridized carbons (Fsp3) is 1.00. The van der Waals surface area contributed by atoms with E-state index in [0.29, 0.717) is 123 Å². The van der Waals surface area contributed by atoms with E-state index < -0.39 is 0 Å². The molecular formula is C64H160N28. The third kappa shape index (κ3) is 57.9. The lowest BCUT2D eigenvalue weighted by Crippen LogP contribution is -2.72. The molecule has 0 radical (unpaired) electrons. The van der Waals surface area contributed by atoms with Gasteiger partial charge in [0.1, 0.15) is 75.5 Å². The van der Waals surface area contributed by atoms with Gasteiger partial charge in [-0.05, 0) is 222 Å². The van der Waals surface area contributed by atoms with E-state index in [2.05, 4.69) is 370 Å². The van der Waals surface area contributed by atoms with Crippen molar-refractivity contribution in [3.63, 3.8) is 0 Å². The molecule has 92 heavy (non-hydrogen) atoms. The number of hydrogen-bond donors (Lipinski definition) is 28. The zero-order valence-corrected chi connectivity index (χ0v) is 65.0. The van der Waals surface area contributed by atoms with E-state index in [1.807, 2.05) is 0 Å². The van der Waals surface area contributed by atoms with E-state index in [4.69, 9.17) is 0 Å². The Morgan fingerprint density at radius 3 is 0.250 bits per heavy atom. The zero-order valence-electron chi connectivity index (χ0n) is 65.0.